The number of carbonyl (C=O) groups excluding carboxylic acids is 1. The van der Waals surface area contributed by atoms with Crippen LogP contribution >= 0.6 is 0 Å². The summed E-state index contributed by atoms with van der Waals surface area (Å²) in [7, 11) is -12.2. The van der Waals surface area contributed by atoms with Gasteiger partial charge in [-0.25, -0.2) is 21.4 Å². The van der Waals surface area contributed by atoms with Crippen molar-refractivity contribution < 1.29 is 207 Å². The van der Waals surface area contributed by atoms with E-state index >= 15 is 0 Å². The third-order valence-corrected chi connectivity index (χ3v) is 8.15. The fourth-order valence-electron chi connectivity index (χ4n) is 4.74. The first-order valence-electron chi connectivity index (χ1n) is 11.4. The second-order valence-electron chi connectivity index (χ2n) is 9.03. The van der Waals surface area contributed by atoms with Crippen LogP contribution in [0.15, 0.2) is 29.2 Å². The zero-order valence-electron chi connectivity index (χ0n) is 23.6. The van der Waals surface area contributed by atoms with Crippen LogP contribution in [0.2, 0.25) is 0 Å². The molecule has 3 rings (SSSR count). The number of carbonyl (C=O) groups is 1. The van der Waals surface area contributed by atoms with Crippen molar-refractivity contribution in [2.75, 3.05) is 12.3 Å². The van der Waals surface area contributed by atoms with Crippen molar-refractivity contribution in [1.29, 1.82) is 0 Å². The van der Waals surface area contributed by atoms with Gasteiger partial charge in [0.05, 0.1) is 25.7 Å². The molecule has 18 heteroatoms. The number of carboxylic acids is 1. The molecule has 1 unspecified atom stereocenters. The molecule has 0 saturated carbocycles. The van der Waals surface area contributed by atoms with Gasteiger partial charge in [0.15, 0.2) is 11.4 Å². The van der Waals surface area contributed by atoms with Crippen LogP contribution in [0.5, 0.6) is 0 Å². The van der Waals surface area contributed by atoms with Crippen LogP contribution in [0, 0.1) is 6.07 Å². The molecular formula is C23H26K3NO11S3. The predicted molar refractivity (Wildman–Crippen MR) is 131 cm³/mol. The van der Waals surface area contributed by atoms with Crippen LogP contribution in [-0.4, -0.2) is 67.1 Å². The number of benzene rings is 2. The summed E-state index contributed by atoms with van der Waals surface area (Å²) in [6, 6.07) is 8.97. The number of carboxylic acid groups (broad SMARTS) is 1. The Morgan fingerprint density at radius 3 is 2.10 bits per heavy atom. The molecule has 0 amide bonds. The first kappa shape index (κ1) is 45.3. The van der Waals surface area contributed by atoms with Crippen molar-refractivity contribution in [2.45, 2.75) is 62.7 Å². The Balaban J connectivity index is 0. The van der Waals surface area contributed by atoms with Crippen LogP contribution in [0.4, 0.5) is 5.69 Å². The minimum Gasteiger partial charge on any atom is -0.752 e. The van der Waals surface area contributed by atoms with Gasteiger partial charge in [-0.15, -0.1) is 42.3 Å². The summed E-state index contributed by atoms with van der Waals surface area (Å²) in [6.07, 6.45) is 2.50. The average molecular weight is 706 g/mol. The third kappa shape index (κ3) is 13.8. The monoisotopic (exact) mass is 705 g/mol. The molecular weight excluding hydrogens is 680 g/mol. The number of rotatable bonds is 11. The van der Waals surface area contributed by atoms with Crippen molar-refractivity contribution in [1.82, 2.24) is 0 Å². The minimum absolute atomic E-state index is 0. The third-order valence-electron chi connectivity index (χ3n) is 6.55. The van der Waals surface area contributed by atoms with Crippen molar-refractivity contribution in [3.63, 3.8) is 0 Å². The van der Waals surface area contributed by atoms with Gasteiger partial charge in [-0.1, -0.05) is 18.2 Å². The molecule has 1 aliphatic heterocycles. The van der Waals surface area contributed by atoms with E-state index in [0.29, 0.717) is 36.5 Å². The molecule has 0 saturated heterocycles. The second-order valence-corrected chi connectivity index (χ2v) is 12.3. The van der Waals surface area contributed by atoms with E-state index in [1.165, 1.54) is 6.07 Å². The quantitative estimate of drug-likeness (QED) is 0.0705. The molecule has 2 aromatic rings. The molecule has 0 radical (unpaired) electrons. The summed E-state index contributed by atoms with van der Waals surface area (Å²) in [5.41, 5.74) is 1.85. The van der Waals surface area contributed by atoms with E-state index in [0.717, 1.165) is 23.0 Å². The van der Waals surface area contributed by atoms with E-state index in [4.69, 9.17) is 12.6 Å². The molecule has 1 heterocycles. The number of nitrogens with zero attached hydrogens (tertiary/aromatic N) is 1. The number of hydrogen-bond acceptors (Lipinski definition) is 11. The summed E-state index contributed by atoms with van der Waals surface area (Å²) in [5, 5.41) is 11.9. The summed E-state index contributed by atoms with van der Waals surface area (Å²) in [5.74, 6) is -1.61. The standard InChI is InChI=1S/C23H29NO8S2.3K.O3S/c1-16-23(2,12-5-3-4-7-21(25)26)22-19-15-18(34(30,31)32)10-8-17(19)9-11-20(22)24(16)13-6-14-33(27,28)29;;;;1-4(2)3/h9-11,15H,3-7,12-14H2,1-2H3,(H,25,26)(H,27,28,29)(H,30,31,32);;;;/q;3*+1;/p-3. The van der Waals surface area contributed by atoms with Crippen molar-refractivity contribution in [2.24, 2.45) is 0 Å². The van der Waals surface area contributed by atoms with Gasteiger partial charge in [-0.05, 0) is 37.1 Å². The second kappa shape index (κ2) is 19.8. The maximum Gasteiger partial charge on any atom is 1.00 e. The van der Waals surface area contributed by atoms with Crippen LogP contribution in [-0.2, 0) is 41.1 Å². The Morgan fingerprint density at radius 2 is 1.59 bits per heavy atom. The Labute approximate surface area is 369 Å². The van der Waals surface area contributed by atoms with Gasteiger partial charge in [0.2, 0.25) is 0 Å². The number of fused-ring (bicyclic) bond motifs is 3. The molecule has 41 heavy (non-hydrogen) atoms. The minimum atomic E-state index is -4.70. The molecule has 1 aliphatic rings. The normalized spacial score (nSPS) is 15.9. The zero-order valence-corrected chi connectivity index (χ0v) is 35.4. The summed E-state index contributed by atoms with van der Waals surface area (Å²) >= 11 is 0. The molecule has 0 fully saturated rings. The molecule has 0 spiro atoms. The summed E-state index contributed by atoms with van der Waals surface area (Å²) in [6.45, 7) is 4.16. The maximum absolute atomic E-state index is 11.7. The van der Waals surface area contributed by atoms with Gasteiger partial charge in [-0.2, -0.15) is 0 Å². The molecule has 2 aromatic carbocycles. The largest absolute Gasteiger partial charge is 1.00 e. The first-order chi connectivity index (χ1) is 17.5. The van der Waals surface area contributed by atoms with Gasteiger partial charge in [0, 0.05) is 30.6 Å². The van der Waals surface area contributed by atoms with E-state index in [1.54, 1.807) is 6.07 Å². The molecule has 0 N–H and O–H groups in total. The smallest absolute Gasteiger partial charge is 0.752 e. The maximum atomic E-state index is 11.7. The van der Waals surface area contributed by atoms with E-state index < -0.39 is 52.9 Å². The van der Waals surface area contributed by atoms with Gasteiger partial charge < -0.3 is 19.0 Å². The molecule has 12 nitrogen and oxygen atoms in total. The number of hydrogen-bond donors (Lipinski definition) is 0. The molecule has 0 aromatic heterocycles. The van der Waals surface area contributed by atoms with Gasteiger partial charge in [0.1, 0.15) is 6.54 Å². The van der Waals surface area contributed by atoms with E-state index in [-0.39, 0.29) is 174 Å². The van der Waals surface area contributed by atoms with Crippen LogP contribution in [0.1, 0.15) is 57.9 Å². The number of unbranched alkanes of at least 4 members (excludes halogenated alkanes) is 2. The number of aliphatic carboxylic acids is 1. The van der Waals surface area contributed by atoms with Crippen LogP contribution < -0.4 is 159 Å². The molecule has 0 aliphatic carbocycles. The average Bonchev–Trinajstić information content (AvgIpc) is 2.98. The van der Waals surface area contributed by atoms with E-state index in [1.807, 2.05) is 24.5 Å². The predicted octanol–water partition coefficient (Wildman–Crippen LogP) is -8.44. The Bertz CT molecular complexity index is 1590. The van der Waals surface area contributed by atoms with E-state index in [9.17, 15) is 35.8 Å². The fourth-order valence-corrected chi connectivity index (χ4v) is 5.69. The SMILES string of the molecule is CC1=[N+](CCCS(=O)(=O)[O-])c2ccc3[c-]cc(S(=O)(=O)[O-])cc3c2C1(C)CCCCCC(=O)[O-].O=S(=O)=O.[K+].[K+].[K+]. The molecule has 0 bridgehead atoms. The molecule has 1 atom stereocenters. The first-order valence-corrected chi connectivity index (χ1v) is 15.4. The topological polar surface area (TPSA) is 209 Å². The zero-order chi connectivity index (χ0) is 28.9. The van der Waals surface area contributed by atoms with Crippen molar-refractivity contribution in [3.05, 3.63) is 35.9 Å². The van der Waals surface area contributed by atoms with Gasteiger partial charge >= 0.3 is 165 Å². The van der Waals surface area contributed by atoms with Gasteiger partial charge in [0.25, 0.3) is 0 Å². The van der Waals surface area contributed by atoms with Gasteiger partial charge in [-0.3, -0.25) is 0 Å². The fraction of sp³-hybridized carbons (Fsp3) is 0.478. The van der Waals surface area contributed by atoms with Crippen molar-refractivity contribution >= 4 is 59.0 Å². The Morgan fingerprint density at radius 1 is 1.00 bits per heavy atom. The van der Waals surface area contributed by atoms with Crippen LogP contribution in [0.3, 0.4) is 0 Å². The van der Waals surface area contributed by atoms with E-state index in [2.05, 4.69) is 6.07 Å². The van der Waals surface area contributed by atoms with Crippen molar-refractivity contribution in [3.8, 4) is 0 Å². The summed E-state index contributed by atoms with van der Waals surface area (Å²) in [4.78, 5) is 10.3. The summed E-state index contributed by atoms with van der Waals surface area (Å²) < 4.78 is 95.6. The Kier molecular flexibility index (Phi) is 21.8. The molecule has 210 valence electrons. The van der Waals surface area contributed by atoms with Crippen LogP contribution in [0.25, 0.3) is 10.8 Å². The Hall–Kier alpha value is 2.19.